The topological polar surface area (TPSA) is 55.6 Å². The van der Waals surface area contributed by atoms with Gasteiger partial charge in [0.25, 0.3) is 0 Å². The van der Waals surface area contributed by atoms with Crippen LogP contribution in [0.15, 0.2) is 18.2 Å². The molecule has 2 N–H and O–H groups in total. The van der Waals surface area contributed by atoms with E-state index in [1.54, 1.807) is 13.0 Å². The Labute approximate surface area is 120 Å². The van der Waals surface area contributed by atoms with Gasteiger partial charge in [0.2, 0.25) is 0 Å². The van der Waals surface area contributed by atoms with E-state index < -0.39 is 0 Å². The fourth-order valence-corrected chi connectivity index (χ4v) is 2.53. The van der Waals surface area contributed by atoms with E-state index in [9.17, 15) is 4.79 Å². The SMILES string of the molecule is CCOC(=O)c1cc(N(CC)CC2CCC2)ccc1N. The number of carbonyl (C=O) groups excluding carboxylic acids is 1. The van der Waals surface area contributed by atoms with Gasteiger partial charge in [0.15, 0.2) is 0 Å². The summed E-state index contributed by atoms with van der Waals surface area (Å²) in [6, 6.07) is 5.64. The second kappa shape index (κ2) is 6.64. The van der Waals surface area contributed by atoms with E-state index in [2.05, 4.69) is 11.8 Å². The Bertz CT molecular complexity index is 470. The van der Waals surface area contributed by atoms with Crippen LogP contribution in [0, 0.1) is 5.92 Å². The summed E-state index contributed by atoms with van der Waals surface area (Å²) in [5.74, 6) is 0.449. The molecule has 1 saturated carbocycles. The van der Waals surface area contributed by atoms with E-state index in [1.807, 2.05) is 12.1 Å². The van der Waals surface area contributed by atoms with E-state index in [0.717, 1.165) is 24.7 Å². The molecule has 0 radical (unpaired) electrons. The molecule has 1 aromatic rings. The lowest BCUT2D eigenvalue weighted by Gasteiger charge is -2.33. The zero-order valence-electron chi connectivity index (χ0n) is 12.4. The first-order valence-corrected chi connectivity index (χ1v) is 7.47. The predicted molar refractivity (Wildman–Crippen MR) is 82.0 cm³/mol. The molecule has 1 fully saturated rings. The number of anilines is 2. The van der Waals surface area contributed by atoms with Crippen LogP contribution in [0.1, 0.15) is 43.5 Å². The van der Waals surface area contributed by atoms with Gasteiger partial charge in [-0.15, -0.1) is 0 Å². The molecule has 1 aliphatic carbocycles. The normalized spacial score (nSPS) is 14.7. The van der Waals surface area contributed by atoms with Crippen LogP contribution < -0.4 is 10.6 Å². The third kappa shape index (κ3) is 3.24. The molecule has 2 rings (SSSR count). The number of rotatable bonds is 6. The lowest BCUT2D eigenvalue weighted by Crippen LogP contribution is -2.32. The Morgan fingerprint density at radius 3 is 2.70 bits per heavy atom. The molecule has 0 amide bonds. The second-order valence-electron chi connectivity index (χ2n) is 5.33. The van der Waals surface area contributed by atoms with Crippen LogP contribution >= 0.6 is 0 Å². The summed E-state index contributed by atoms with van der Waals surface area (Å²) >= 11 is 0. The van der Waals surface area contributed by atoms with E-state index in [4.69, 9.17) is 10.5 Å². The Balaban J connectivity index is 2.17. The van der Waals surface area contributed by atoms with Crippen molar-refractivity contribution in [3.8, 4) is 0 Å². The summed E-state index contributed by atoms with van der Waals surface area (Å²) < 4.78 is 5.05. The maximum atomic E-state index is 11.9. The Morgan fingerprint density at radius 1 is 1.40 bits per heavy atom. The number of esters is 1. The Hall–Kier alpha value is -1.71. The molecule has 110 valence electrons. The van der Waals surface area contributed by atoms with Crippen molar-refractivity contribution in [3.05, 3.63) is 23.8 Å². The van der Waals surface area contributed by atoms with Gasteiger partial charge in [-0.05, 0) is 50.8 Å². The zero-order chi connectivity index (χ0) is 14.5. The predicted octanol–water partition coefficient (Wildman–Crippen LogP) is 3.07. The monoisotopic (exact) mass is 276 g/mol. The van der Waals surface area contributed by atoms with Crippen molar-refractivity contribution in [2.45, 2.75) is 33.1 Å². The third-order valence-electron chi connectivity index (χ3n) is 3.98. The highest BCUT2D eigenvalue weighted by atomic mass is 16.5. The summed E-state index contributed by atoms with van der Waals surface area (Å²) in [6.07, 6.45) is 3.98. The minimum Gasteiger partial charge on any atom is -0.462 e. The van der Waals surface area contributed by atoms with Gasteiger partial charge >= 0.3 is 5.97 Å². The van der Waals surface area contributed by atoms with Crippen LogP contribution in [0.3, 0.4) is 0 Å². The maximum absolute atomic E-state index is 11.9. The van der Waals surface area contributed by atoms with Gasteiger partial charge in [-0.25, -0.2) is 4.79 Å². The van der Waals surface area contributed by atoms with Crippen LogP contribution in [0.5, 0.6) is 0 Å². The largest absolute Gasteiger partial charge is 0.462 e. The summed E-state index contributed by atoms with van der Waals surface area (Å²) in [6.45, 7) is 6.29. The number of nitrogens with two attached hydrogens (primary N) is 1. The number of nitrogen functional groups attached to an aromatic ring is 1. The Morgan fingerprint density at radius 2 is 2.15 bits per heavy atom. The van der Waals surface area contributed by atoms with Crippen molar-refractivity contribution in [3.63, 3.8) is 0 Å². The van der Waals surface area contributed by atoms with Gasteiger partial charge in [-0.1, -0.05) is 6.42 Å². The highest BCUT2D eigenvalue weighted by Gasteiger charge is 2.21. The van der Waals surface area contributed by atoms with Crippen molar-refractivity contribution >= 4 is 17.3 Å². The molecule has 0 aromatic heterocycles. The fourth-order valence-electron chi connectivity index (χ4n) is 2.53. The molecule has 20 heavy (non-hydrogen) atoms. The summed E-state index contributed by atoms with van der Waals surface area (Å²) in [7, 11) is 0. The van der Waals surface area contributed by atoms with E-state index in [-0.39, 0.29) is 5.97 Å². The minimum absolute atomic E-state index is 0.341. The Kier molecular flexibility index (Phi) is 4.88. The molecule has 0 atom stereocenters. The average Bonchev–Trinajstić information content (AvgIpc) is 2.39. The van der Waals surface area contributed by atoms with Crippen molar-refractivity contribution in [1.82, 2.24) is 0 Å². The van der Waals surface area contributed by atoms with Gasteiger partial charge in [0.1, 0.15) is 0 Å². The summed E-state index contributed by atoms with van der Waals surface area (Å²) in [5.41, 5.74) is 7.88. The molecular formula is C16H24N2O2. The van der Waals surface area contributed by atoms with Gasteiger partial charge in [0.05, 0.1) is 12.2 Å². The average molecular weight is 276 g/mol. The molecule has 0 saturated heterocycles. The molecule has 4 heteroatoms. The van der Waals surface area contributed by atoms with Crippen LogP contribution in [-0.2, 0) is 4.74 Å². The third-order valence-corrected chi connectivity index (χ3v) is 3.98. The van der Waals surface area contributed by atoms with Gasteiger partial charge in [0, 0.05) is 24.5 Å². The first kappa shape index (κ1) is 14.7. The highest BCUT2D eigenvalue weighted by Crippen LogP contribution is 2.30. The first-order chi connectivity index (χ1) is 9.65. The van der Waals surface area contributed by atoms with Crippen molar-refractivity contribution in [2.75, 3.05) is 30.3 Å². The molecule has 1 aromatic carbocycles. The quantitative estimate of drug-likeness (QED) is 0.641. The molecule has 0 unspecified atom stereocenters. The summed E-state index contributed by atoms with van der Waals surface area (Å²) in [5, 5.41) is 0. The van der Waals surface area contributed by atoms with Crippen LogP contribution in [0.25, 0.3) is 0 Å². The number of hydrogen-bond acceptors (Lipinski definition) is 4. The number of benzene rings is 1. The zero-order valence-corrected chi connectivity index (χ0v) is 12.4. The van der Waals surface area contributed by atoms with E-state index in [1.165, 1.54) is 19.3 Å². The number of nitrogens with zero attached hydrogens (tertiary/aromatic N) is 1. The molecule has 0 aliphatic heterocycles. The molecule has 0 bridgehead atoms. The van der Waals surface area contributed by atoms with Crippen molar-refractivity contribution in [1.29, 1.82) is 0 Å². The summed E-state index contributed by atoms with van der Waals surface area (Å²) in [4.78, 5) is 14.2. The van der Waals surface area contributed by atoms with Crippen molar-refractivity contribution < 1.29 is 9.53 Å². The number of carbonyl (C=O) groups is 1. The van der Waals surface area contributed by atoms with Crippen LogP contribution in [0.4, 0.5) is 11.4 Å². The lowest BCUT2D eigenvalue weighted by molar-refractivity contribution is 0.0527. The van der Waals surface area contributed by atoms with Crippen LogP contribution in [0.2, 0.25) is 0 Å². The van der Waals surface area contributed by atoms with Crippen molar-refractivity contribution in [2.24, 2.45) is 5.92 Å². The first-order valence-electron chi connectivity index (χ1n) is 7.47. The van der Waals surface area contributed by atoms with E-state index >= 15 is 0 Å². The molecular weight excluding hydrogens is 252 g/mol. The number of ether oxygens (including phenoxy) is 1. The molecule has 0 heterocycles. The maximum Gasteiger partial charge on any atom is 0.340 e. The second-order valence-corrected chi connectivity index (χ2v) is 5.33. The fraction of sp³-hybridized carbons (Fsp3) is 0.562. The van der Waals surface area contributed by atoms with Gasteiger partial charge in [-0.3, -0.25) is 0 Å². The minimum atomic E-state index is -0.341. The highest BCUT2D eigenvalue weighted by molar-refractivity contribution is 5.96. The smallest absolute Gasteiger partial charge is 0.340 e. The van der Waals surface area contributed by atoms with E-state index in [0.29, 0.717) is 17.9 Å². The molecule has 1 aliphatic rings. The lowest BCUT2D eigenvalue weighted by atomic mass is 9.85. The number of hydrogen-bond donors (Lipinski definition) is 1. The van der Waals surface area contributed by atoms with Gasteiger partial charge < -0.3 is 15.4 Å². The molecule has 0 spiro atoms. The standard InChI is InChI=1S/C16H24N2O2/c1-3-18(11-12-6-5-7-12)13-8-9-15(17)14(10-13)16(19)20-4-2/h8-10,12H,3-7,11,17H2,1-2H3. The van der Waals surface area contributed by atoms with Crippen LogP contribution in [-0.4, -0.2) is 25.7 Å². The molecule has 4 nitrogen and oxygen atoms in total. The van der Waals surface area contributed by atoms with Gasteiger partial charge in [-0.2, -0.15) is 0 Å².